The summed E-state index contributed by atoms with van der Waals surface area (Å²) in [6.45, 7) is 5.55. The monoisotopic (exact) mass is 319 g/mol. The molecule has 0 heterocycles. The minimum absolute atomic E-state index is 0.0236. The molecule has 0 radical (unpaired) electrons. The third kappa shape index (κ3) is 4.25. The molecule has 1 fully saturated rings. The molecule has 1 aliphatic carbocycles. The number of hydrogen-bond donors (Lipinski definition) is 1. The van der Waals surface area contributed by atoms with Crippen LogP contribution >= 0.6 is 0 Å². The van der Waals surface area contributed by atoms with Crippen molar-refractivity contribution in [3.63, 3.8) is 0 Å². The fourth-order valence-corrected chi connectivity index (χ4v) is 3.34. The van der Waals surface area contributed by atoms with E-state index in [0.29, 0.717) is 5.92 Å². The molecule has 4 heteroatoms. The predicted molar refractivity (Wildman–Crippen MR) is 91.5 cm³/mol. The minimum atomic E-state index is -0.525. The molecule has 1 aliphatic rings. The molecule has 0 aliphatic heterocycles. The molecule has 0 unspecified atom stereocenters. The smallest absolute Gasteiger partial charge is 0.410 e. The van der Waals surface area contributed by atoms with Crippen LogP contribution in [-0.4, -0.2) is 40.9 Å². The Hall–Kier alpha value is -1.55. The van der Waals surface area contributed by atoms with E-state index in [1.807, 2.05) is 26.8 Å². The van der Waals surface area contributed by atoms with Gasteiger partial charge in [0.15, 0.2) is 0 Å². The van der Waals surface area contributed by atoms with Crippen molar-refractivity contribution >= 4 is 6.09 Å². The van der Waals surface area contributed by atoms with Crippen molar-refractivity contribution in [2.45, 2.75) is 63.5 Å². The van der Waals surface area contributed by atoms with Gasteiger partial charge in [0.25, 0.3) is 0 Å². The maximum atomic E-state index is 12.4. The fourth-order valence-electron chi connectivity index (χ4n) is 3.34. The van der Waals surface area contributed by atoms with Crippen molar-refractivity contribution in [1.29, 1.82) is 0 Å². The van der Waals surface area contributed by atoms with Gasteiger partial charge in [-0.05, 0) is 57.9 Å². The summed E-state index contributed by atoms with van der Waals surface area (Å²) < 4.78 is 5.47. The Bertz CT molecular complexity index is 513. The SMILES string of the molecule is CN(C(=O)OC(C)(C)C)C1(CO)CCC(c2ccccc2)CC1. The first-order valence-corrected chi connectivity index (χ1v) is 8.40. The highest BCUT2D eigenvalue weighted by Gasteiger charge is 2.42. The van der Waals surface area contributed by atoms with Gasteiger partial charge in [0.2, 0.25) is 0 Å². The summed E-state index contributed by atoms with van der Waals surface area (Å²) in [5, 5.41) is 9.97. The number of amides is 1. The second kappa shape index (κ2) is 6.91. The largest absolute Gasteiger partial charge is 0.444 e. The van der Waals surface area contributed by atoms with Crippen LogP contribution in [0.3, 0.4) is 0 Å². The number of rotatable bonds is 3. The lowest BCUT2D eigenvalue weighted by atomic mass is 9.74. The molecule has 0 spiro atoms. The maximum absolute atomic E-state index is 12.4. The van der Waals surface area contributed by atoms with Gasteiger partial charge in [-0.2, -0.15) is 0 Å². The standard InChI is InChI=1S/C19H29NO3/c1-18(2,3)23-17(22)20(4)19(14-21)12-10-16(11-13-19)15-8-6-5-7-9-15/h5-9,16,21H,10-14H2,1-4H3. The van der Waals surface area contributed by atoms with Gasteiger partial charge in [0.05, 0.1) is 12.1 Å². The van der Waals surface area contributed by atoms with E-state index in [0.717, 1.165) is 25.7 Å². The molecule has 23 heavy (non-hydrogen) atoms. The zero-order valence-corrected chi connectivity index (χ0v) is 14.7. The number of aliphatic hydroxyl groups is 1. The first kappa shape index (κ1) is 17.8. The third-order valence-corrected chi connectivity index (χ3v) is 4.86. The van der Waals surface area contributed by atoms with E-state index >= 15 is 0 Å². The topological polar surface area (TPSA) is 49.8 Å². The Morgan fingerprint density at radius 3 is 2.30 bits per heavy atom. The van der Waals surface area contributed by atoms with Gasteiger partial charge >= 0.3 is 6.09 Å². The molecule has 1 N–H and O–H groups in total. The lowest BCUT2D eigenvalue weighted by Crippen LogP contribution is -2.55. The first-order valence-electron chi connectivity index (χ1n) is 8.40. The van der Waals surface area contributed by atoms with Gasteiger partial charge in [0.1, 0.15) is 5.60 Å². The molecule has 0 atom stereocenters. The lowest BCUT2D eigenvalue weighted by molar-refractivity contribution is -0.0232. The Kier molecular flexibility index (Phi) is 5.35. The van der Waals surface area contributed by atoms with E-state index < -0.39 is 11.1 Å². The van der Waals surface area contributed by atoms with Crippen molar-refractivity contribution in [3.05, 3.63) is 35.9 Å². The molecule has 1 aromatic rings. The molecule has 1 aromatic carbocycles. The van der Waals surface area contributed by atoms with Crippen LogP contribution in [0.1, 0.15) is 57.9 Å². The average Bonchev–Trinajstić information content (AvgIpc) is 2.53. The number of ether oxygens (including phenoxy) is 1. The van der Waals surface area contributed by atoms with Crippen LogP contribution < -0.4 is 0 Å². The molecule has 0 aromatic heterocycles. The van der Waals surface area contributed by atoms with Gasteiger partial charge in [0, 0.05) is 7.05 Å². The number of aliphatic hydroxyl groups excluding tert-OH is 1. The van der Waals surface area contributed by atoms with E-state index in [1.165, 1.54) is 5.56 Å². The summed E-state index contributed by atoms with van der Waals surface area (Å²) in [7, 11) is 1.74. The van der Waals surface area contributed by atoms with E-state index in [2.05, 4.69) is 24.3 Å². The van der Waals surface area contributed by atoms with Crippen LogP contribution in [0.15, 0.2) is 30.3 Å². The third-order valence-electron chi connectivity index (χ3n) is 4.86. The van der Waals surface area contributed by atoms with Gasteiger partial charge in [-0.25, -0.2) is 4.79 Å². The van der Waals surface area contributed by atoms with Gasteiger partial charge in [-0.15, -0.1) is 0 Å². The maximum Gasteiger partial charge on any atom is 0.410 e. The van der Waals surface area contributed by atoms with E-state index in [1.54, 1.807) is 11.9 Å². The number of nitrogens with zero attached hydrogens (tertiary/aromatic N) is 1. The number of carbonyl (C=O) groups excluding carboxylic acids is 1. The fraction of sp³-hybridized carbons (Fsp3) is 0.632. The van der Waals surface area contributed by atoms with Gasteiger partial charge in [-0.3, -0.25) is 0 Å². The molecule has 1 amide bonds. The van der Waals surface area contributed by atoms with Crippen LogP contribution in [-0.2, 0) is 4.74 Å². The molecule has 0 saturated heterocycles. The highest BCUT2D eigenvalue weighted by molar-refractivity contribution is 5.69. The van der Waals surface area contributed by atoms with Gasteiger partial charge in [-0.1, -0.05) is 30.3 Å². The van der Waals surface area contributed by atoms with Crippen molar-refractivity contribution in [2.75, 3.05) is 13.7 Å². The molecule has 2 rings (SSSR count). The molecular formula is C19H29NO3. The molecule has 1 saturated carbocycles. The van der Waals surface area contributed by atoms with E-state index in [-0.39, 0.29) is 12.7 Å². The number of carbonyl (C=O) groups is 1. The number of hydrogen-bond acceptors (Lipinski definition) is 3. The van der Waals surface area contributed by atoms with Crippen LogP contribution in [0.25, 0.3) is 0 Å². The second-order valence-corrected chi connectivity index (χ2v) is 7.61. The normalized spacial score (nSPS) is 25.0. The summed E-state index contributed by atoms with van der Waals surface area (Å²) in [5.74, 6) is 0.503. The summed E-state index contributed by atoms with van der Waals surface area (Å²) in [6, 6.07) is 10.5. The summed E-state index contributed by atoms with van der Waals surface area (Å²) in [4.78, 5) is 14.0. The van der Waals surface area contributed by atoms with E-state index in [4.69, 9.17) is 4.74 Å². The number of likely N-dealkylation sites (N-methyl/N-ethyl adjacent to an activating group) is 1. The van der Waals surface area contributed by atoms with Gasteiger partial charge < -0.3 is 14.7 Å². The summed E-state index contributed by atoms with van der Waals surface area (Å²) in [6.07, 6.45) is 3.16. The Morgan fingerprint density at radius 2 is 1.83 bits per heavy atom. The van der Waals surface area contributed by atoms with Crippen molar-refractivity contribution in [3.8, 4) is 0 Å². The molecule has 128 valence electrons. The molecular weight excluding hydrogens is 290 g/mol. The summed E-state index contributed by atoms with van der Waals surface area (Å²) >= 11 is 0. The highest BCUT2D eigenvalue weighted by atomic mass is 16.6. The van der Waals surface area contributed by atoms with Crippen molar-refractivity contribution in [1.82, 2.24) is 4.90 Å². The van der Waals surface area contributed by atoms with Crippen molar-refractivity contribution < 1.29 is 14.6 Å². The average molecular weight is 319 g/mol. The number of benzene rings is 1. The Labute approximate surface area is 139 Å². The van der Waals surface area contributed by atoms with E-state index in [9.17, 15) is 9.90 Å². The zero-order chi connectivity index (χ0) is 17.1. The first-order chi connectivity index (χ1) is 10.8. The highest BCUT2D eigenvalue weighted by Crippen LogP contribution is 2.40. The van der Waals surface area contributed by atoms with Crippen molar-refractivity contribution in [2.24, 2.45) is 0 Å². The Morgan fingerprint density at radius 1 is 1.26 bits per heavy atom. The quantitative estimate of drug-likeness (QED) is 0.918. The summed E-state index contributed by atoms with van der Waals surface area (Å²) in [5.41, 5.74) is 0.315. The van der Waals surface area contributed by atoms with Crippen LogP contribution in [0.5, 0.6) is 0 Å². The zero-order valence-electron chi connectivity index (χ0n) is 14.7. The van der Waals surface area contributed by atoms with Crippen LogP contribution in [0, 0.1) is 0 Å². The Balaban J connectivity index is 2.04. The molecule has 0 bridgehead atoms. The van der Waals surface area contributed by atoms with Crippen LogP contribution in [0.2, 0.25) is 0 Å². The molecule has 4 nitrogen and oxygen atoms in total. The van der Waals surface area contributed by atoms with Crippen LogP contribution in [0.4, 0.5) is 4.79 Å². The lowest BCUT2D eigenvalue weighted by Gasteiger charge is -2.45. The predicted octanol–water partition coefficient (Wildman–Crippen LogP) is 3.94. The minimum Gasteiger partial charge on any atom is -0.444 e. The second-order valence-electron chi connectivity index (χ2n) is 7.61.